The average molecular weight is 284 g/mol. The van der Waals surface area contributed by atoms with Crippen LogP contribution in [0.25, 0.3) is 0 Å². The van der Waals surface area contributed by atoms with Crippen LogP contribution in [0.4, 0.5) is 5.69 Å². The van der Waals surface area contributed by atoms with Crippen molar-refractivity contribution in [2.75, 3.05) is 31.1 Å². The van der Waals surface area contributed by atoms with Gasteiger partial charge in [-0.05, 0) is 31.5 Å². The van der Waals surface area contributed by atoms with E-state index in [0.717, 1.165) is 38.2 Å². The van der Waals surface area contributed by atoms with Crippen molar-refractivity contribution in [1.29, 1.82) is 5.26 Å². The maximum Gasteiger partial charge on any atom is 0.231 e. The van der Waals surface area contributed by atoms with Gasteiger partial charge in [-0.1, -0.05) is 18.2 Å². The van der Waals surface area contributed by atoms with E-state index in [-0.39, 0.29) is 17.9 Å². The summed E-state index contributed by atoms with van der Waals surface area (Å²) < 4.78 is 0. The molecule has 1 unspecified atom stereocenters. The number of amides is 1. The van der Waals surface area contributed by atoms with Crippen LogP contribution in [0.2, 0.25) is 0 Å². The summed E-state index contributed by atoms with van der Waals surface area (Å²) in [6.45, 7) is 3.04. The van der Waals surface area contributed by atoms with Gasteiger partial charge in [0, 0.05) is 25.3 Å². The normalized spacial score (nSPS) is 24.8. The molecule has 0 saturated carbocycles. The Balaban J connectivity index is 1.85. The molecule has 3 rings (SSSR count). The van der Waals surface area contributed by atoms with Crippen molar-refractivity contribution < 1.29 is 4.79 Å². The van der Waals surface area contributed by atoms with E-state index >= 15 is 0 Å². The van der Waals surface area contributed by atoms with Crippen LogP contribution in [0, 0.1) is 17.4 Å². The minimum absolute atomic E-state index is 0.0568. The molecule has 0 radical (unpaired) electrons. The van der Waals surface area contributed by atoms with E-state index in [1.54, 1.807) is 4.90 Å². The first-order chi connectivity index (χ1) is 10.3. The first kappa shape index (κ1) is 13.9. The summed E-state index contributed by atoms with van der Waals surface area (Å²) >= 11 is 0. The van der Waals surface area contributed by atoms with Gasteiger partial charge in [-0.3, -0.25) is 4.79 Å². The lowest BCUT2D eigenvalue weighted by molar-refractivity contribution is -0.122. The molecule has 21 heavy (non-hydrogen) atoms. The molecule has 1 amide bonds. The Kier molecular flexibility index (Phi) is 4.07. The number of hydrogen-bond acceptors (Lipinski definition) is 4. The first-order valence-electron chi connectivity index (χ1n) is 7.53. The third kappa shape index (κ3) is 2.86. The van der Waals surface area contributed by atoms with Gasteiger partial charge in [0.15, 0.2) is 6.19 Å². The number of hydrogen-bond donors (Lipinski definition) is 1. The molecule has 5 nitrogen and oxygen atoms in total. The van der Waals surface area contributed by atoms with E-state index in [4.69, 9.17) is 5.26 Å². The molecule has 2 aliphatic heterocycles. The van der Waals surface area contributed by atoms with Crippen molar-refractivity contribution in [3.63, 3.8) is 0 Å². The monoisotopic (exact) mass is 284 g/mol. The van der Waals surface area contributed by atoms with Gasteiger partial charge in [0.1, 0.15) is 0 Å². The molecule has 2 aliphatic rings. The summed E-state index contributed by atoms with van der Waals surface area (Å²) in [5.74, 6) is 0.248. The van der Waals surface area contributed by atoms with Gasteiger partial charge in [-0.2, -0.15) is 5.26 Å². The van der Waals surface area contributed by atoms with Gasteiger partial charge in [0.05, 0.1) is 12.0 Å². The highest BCUT2D eigenvalue weighted by atomic mass is 16.2. The van der Waals surface area contributed by atoms with Gasteiger partial charge in [0.2, 0.25) is 5.91 Å². The van der Waals surface area contributed by atoms with Crippen LogP contribution in [0.1, 0.15) is 12.8 Å². The number of rotatable bonds is 3. The average Bonchev–Trinajstić information content (AvgIpc) is 3.20. The highest BCUT2D eigenvalue weighted by molar-refractivity contribution is 5.96. The van der Waals surface area contributed by atoms with E-state index < -0.39 is 0 Å². The third-order valence-electron chi connectivity index (χ3n) is 4.35. The number of nitrogens with zero attached hydrogens (tertiary/aromatic N) is 3. The van der Waals surface area contributed by atoms with Gasteiger partial charge >= 0.3 is 0 Å². The molecule has 1 aromatic rings. The topological polar surface area (TPSA) is 59.4 Å². The smallest absolute Gasteiger partial charge is 0.231 e. The van der Waals surface area contributed by atoms with E-state index in [9.17, 15) is 4.79 Å². The Bertz CT molecular complexity index is 533. The maximum atomic E-state index is 12.9. The first-order valence-corrected chi connectivity index (χ1v) is 7.53. The predicted octanol–water partition coefficient (Wildman–Crippen LogP) is 1.18. The minimum Gasteiger partial charge on any atom is -0.316 e. The quantitative estimate of drug-likeness (QED) is 0.847. The molecule has 0 bridgehead atoms. The molecule has 2 saturated heterocycles. The number of likely N-dealkylation sites (tertiary alicyclic amines) is 1. The Hall–Kier alpha value is -2.06. The van der Waals surface area contributed by atoms with Crippen LogP contribution in [-0.2, 0) is 4.79 Å². The molecule has 0 aromatic heterocycles. The summed E-state index contributed by atoms with van der Waals surface area (Å²) in [5, 5.41) is 12.3. The van der Waals surface area contributed by atoms with Crippen LogP contribution in [0.5, 0.6) is 0 Å². The summed E-state index contributed by atoms with van der Waals surface area (Å²) in [6, 6.07) is 9.93. The molecule has 2 heterocycles. The second-order valence-corrected chi connectivity index (χ2v) is 5.72. The molecule has 2 atom stereocenters. The van der Waals surface area contributed by atoms with Gasteiger partial charge in [-0.15, -0.1) is 0 Å². The van der Waals surface area contributed by atoms with Crippen LogP contribution in [-0.4, -0.2) is 43.0 Å². The molecule has 110 valence electrons. The minimum atomic E-state index is 0.0568. The molecular weight excluding hydrogens is 264 g/mol. The number of carbonyl (C=O) groups is 1. The standard InChI is InChI=1S/C16H20N4O/c17-12-19-9-7-15(11-19)20(14-4-2-1-3-5-14)16(21)13-6-8-18-10-13/h1-5,13,15,18H,6-11H2/t13?,15-/m1/s1. The summed E-state index contributed by atoms with van der Waals surface area (Å²) in [7, 11) is 0. The summed E-state index contributed by atoms with van der Waals surface area (Å²) in [5.41, 5.74) is 0.944. The van der Waals surface area contributed by atoms with Crippen molar-refractivity contribution >= 4 is 11.6 Å². The zero-order chi connectivity index (χ0) is 14.7. The highest BCUT2D eigenvalue weighted by Gasteiger charge is 2.35. The number of nitriles is 1. The van der Waals surface area contributed by atoms with E-state index in [0.29, 0.717) is 6.54 Å². The van der Waals surface area contributed by atoms with E-state index in [2.05, 4.69) is 11.5 Å². The van der Waals surface area contributed by atoms with Gasteiger partial charge in [0.25, 0.3) is 0 Å². The lowest BCUT2D eigenvalue weighted by Crippen LogP contribution is -2.45. The highest BCUT2D eigenvalue weighted by Crippen LogP contribution is 2.26. The van der Waals surface area contributed by atoms with Crippen molar-refractivity contribution in [2.24, 2.45) is 5.92 Å². The number of para-hydroxylation sites is 1. The lowest BCUT2D eigenvalue weighted by atomic mass is 10.0. The van der Waals surface area contributed by atoms with Crippen molar-refractivity contribution in [2.45, 2.75) is 18.9 Å². The molecule has 2 fully saturated rings. The Morgan fingerprint density at radius 2 is 2.14 bits per heavy atom. The Labute approximate surface area is 125 Å². The molecule has 0 aliphatic carbocycles. The maximum absolute atomic E-state index is 12.9. The molecule has 5 heteroatoms. The SMILES string of the molecule is N#CN1CC[C@@H](N(C(=O)C2CCNC2)c2ccccc2)C1. The van der Waals surface area contributed by atoms with Crippen LogP contribution in [0.15, 0.2) is 30.3 Å². The Morgan fingerprint density at radius 3 is 2.76 bits per heavy atom. The largest absolute Gasteiger partial charge is 0.316 e. The summed E-state index contributed by atoms with van der Waals surface area (Å²) in [6.07, 6.45) is 3.95. The zero-order valence-corrected chi connectivity index (χ0v) is 12.0. The predicted molar refractivity (Wildman–Crippen MR) is 80.5 cm³/mol. The van der Waals surface area contributed by atoms with Gasteiger partial charge in [-0.25, -0.2) is 0 Å². The third-order valence-corrected chi connectivity index (χ3v) is 4.35. The lowest BCUT2D eigenvalue weighted by Gasteiger charge is -2.31. The second kappa shape index (κ2) is 6.15. The Morgan fingerprint density at radius 1 is 1.33 bits per heavy atom. The second-order valence-electron chi connectivity index (χ2n) is 5.72. The molecule has 0 spiro atoms. The van der Waals surface area contributed by atoms with E-state index in [1.807, 2.05) is 35.2 Å². The number of anilines is 1. The fraction of sp³-hybridized carbons (Fsp3) is 0.500. The fourth-order valence-corrected chi connectivity index (χ4v) is 3.21. The van der Waals surface area contributed by atoms with Crippen LogP contribution in [0.3, 0.4) is 0 Å². The number of nitrogens with one attached hydrogen (secondary N) is 1. The zero-order valence-electron chi connectivity index (χ0n) is 12.0. The molecular formula is C16H20N4O. The summed E-state index contributed by atoms with van der Waals surface area (Å²) in [4.78, 5) is 16.6. The van der Waals surface area contributed by atoms with E-state index in [1.165, 1.54) is 0 Å². The van der Waals surface area contributed by atoms with Crippen LogP contribution >= 0.6 is 0 Å². The van der Waals surface area contributed by atoms with Crippen LogP contribution < -0.4 is 10.2 Å². The fourth-order valence-electron chi connectivity index (χ4n) is 3.21. The van der Waals surface area contributed by atoms with Crippen molar-refractivity contribution in [1.82, 2.24) is 10.2 Å². The van der Waals surface area contributed by atoms with Crippen molar-refractivity contribution in [3.8, 4) is 6.19 Å². The number of carbonyl (C=O) groups excluding carboxylic acids is 1. The molecule has 1 aromatic carbocycles. The molecule has 1 N–H and O–H groups in total. The van der Waals surface area contributed by atoms with Crippen molar-refractivity contribution in [3.05, 3.63) is 30.3 Å². The number of benzene rings is 1. The van der Waals surface area contributed by atoms with Gasteiger partial charge < -0.3 is 15.1 Å².